The van der Waals surface area contributed by atoms with E-state index in [1.54, 1.807) is 0 Å². The van der Waals surface area contributed by atoms with Crippen molar-refractivity contribution in [3.8, 4) is 11.4 Å². The molecule has 0 saturated carbocycles. The molecule has 9 heteroatoms. The van der Waals surface area contributed by atoms with Crippen LogP contribution in [0.2, 0.25) is 10.0 Å². The van der Waals surface area contributed by atoms with Gasteiger partial charge in [0.2, 0.25) is 5.82 Å². The van der Waals surface area contributed by atoms with E-state index in [9.17, 15) is 9.90 Å². The molecule has 2 aromatic carbocycles. The number of carbonyl (C=O) groups is 1. The van der Waals surface area contributed by atoms with Crippen LogP contribution in [0.15, 0.2) is 42.7 Å². The predicted molar refractivity (Wildman–Crippen MR) is 117 cm³/mol. The second kappa shape index (κ2) is 9.93. The molecule has 0 fully saturated rings. The summed E-state index contributed by atoms with van der Waals surface area (Å²) in [6.45, 7) is 4.49. The molecule has 160 valence electrons. The van der Waals surface area contributed by atoms with Crippen molar-refractivity contribution in [2.75, 3.05) is 7.11 Å². The van der Waals surface area contributed by atoms with Gasteiger partial charge in [-0.1, -0.05) is 68.7 Å². The molecular formula is C21H24Cl2N4O3. The van der Waals surface area contributed by atoms with E-state index in [2.05, 4.69) is 23.9 Å². The van der Waals surface area contributed by atoms with Gasteiger partial charge in [-0.05, 0) is 29.2 Å². The van der Waals surface area contributed by atoms with Gasteiger partial charge in [-0.3, -0.25) is 9.63 Å². The Morgan fingerprint density at radius 3 is 2.33 bits per heavy atom. The summed E-state index contributed by atoms with van der Waals surface area (Å²) >= 11 is 11.9. The highest BCUT2D eigenvalue weighted by Crippen LogP contribution is 2.33. The van der Waals surface area contributed by atoms with Gasteiger partial charge in [-0.25, -0.2) is 14.7 Å². The van der Waals surface area contributed by atoms with Crippen LogP contribution in [0.5, 0.6) is 5.75 Å². The maximum absolute atomic E-state index is 12.8. The van der Waals surface area contributed by atoms with Gasteiger partial charge in [0.25, 0.3) is 0 Å². The van der Waals surface area contributed by atoms with Crippen LogP contribution >= 0.6 is 23.2 Å². The van der Waals surface area contributed by atoms with E-state index in [0.717, 1.165) is 5.56 Å². The summed E-state index contributed by atoms with van der Waals surface area (Å²) in [7, 11) is 1.41. The van der Waals surface area contributed by atoms with Crippen LogP contribution in [0.4, 0.5) is 0 Å². The Morgan fingerprint density at radius 2 is 1.80 bits per heavy atom. The molecule has 0 aliphatic heterocycles. The highest BCUT2D eigenvalue weighted by atomic mass is 35.5. The summed E-state index contributed by atoms with van der Waals surface area (Å²) in [5, 5.41) is 15.2. The molecule has 3 rings (SSSR count). The third-order valence-corrected chi connectivity index (χ3v) is 4.95. The van der Waals surface area contributed by atoms with Gasteiger partial charge in [0.15, 0.2) is 5.75 Å². The molecule has 1 N–H and O–H groups in total. The quantitative estimate of drug-likeness (QED) is 0.519. The Morgan fingerprint density at radius 1 is 1.20 bits per heavy atom. The van der Waals surface area contributed by atoms with Gasteiger partial charge < -0.3 is 5.11 Å². The molecule has 0 bridgehead atoms. The predicted octanol–water partition coefficient (Wildman–Crippen LogP) is 5.24. The number of amides is 1. The Kier molecular flexibility index (Phi) is 7.83. The smallest absolute Gasteiger partial charge is 0.317 e. The molecule has 0 aliphatic carbocycles. The lowest BCUT2D eigenvalue weighted by atomic mass is 10.0. The lowest BCUT2D eigenvalue weighted by Gasteiger charge is -2.18. The third-order valence-electron chi connectivity index (χ3n) is 4.37. The van der Waals surface area contributed by atoms with E-state index in [-0.39, 0.29) is 35.6 Å². The summed E-state index contributed by atoms with van der Waals surface area (Å²) < 4.78 is 1.34. The Labute approximate surface area is 185 Å². The van der Waals surface area contributed by atoms with Crippen molar-refractivity contribution in [3.05, 3.63) is 69.7 Å². The zero-order valence-electron chi connectivity index (χ0n) is 16.1. The van der Waals surface area contributed by atoms with Crippen molar-refractivity contribution in [2.24, 2.45) is 0 Å². The van der Waals surface area contributed by atoms with Crippen molar-refractivity contribution in [3.63, 3.8) is 0 Å². The number of benzene rings is 2. The van der Waals surface area contributed by atoms with Crippen molar-refractivity contribution >= 4 is 29.1 Å². The van der Waals surface area contributed by atoms with Gasteiger partial charge in [-0.15, -0.1) is 5.10 Å². The van der Waals surface area contributed by atoms with Crippen LogP contribution in [-0.2, 0) is 11.4 Å². The largest absolute Gasteiger partial charge is 0.505 e. The first kappa shape index (κ1) is 23.7. The fraction of sp³-hybridized carbons (Fsp3) is 0.286. The number of carbonyl (C=O) groups excluding carboxylic acids is 1. The van der Waals surface area contributed by atoms with Crippen molar-refractivity contribution in [1.29, 1.82) is 0 Å². The number of phenols is 1. The number of hydrogen-bond acceptors (Lipinski definition) is 5. The molecule has 0 radical (unpaired) electrons. The number of rotatable bonds is 6. The van der Waals surface area contributed by atoms with E-state index >= 15 is 0 Å². The zero-order valence-corrected chi connectivity index (χ0v) is 17.6. The summed E-state index contributed by atoms with van der Waals surface area (Å²) in [5.74, 6) is -0.331. The molecule has 0 unspecified atom stereocenters. The molecule has 0 aliphatic rings. The SMILES string of the molecule is C.CON(Cc1ccc(C(C)C)cc1)C(=O)c1ncn(-c2cc(Cl)c(O)c(Cl)c2)n1. The fourth-order valence-electron chi connectivity index (χ4n) is 2.67. The van der Waals surface area contributed by atoms with Crippen LogP contribution in [-0.4, -0.2) is 38.0 Å². The maximum atomic E-state index is 12.8. The second-order valence-corrected chi connectivity index (χ2v) is 7.51. The average Bonchev–Trinajstić information content (AvgIpc) is 3.20. The third kappa shape index (κ3) is 5.11. The molecule has 0 saturated heterocycles. The topological polar surface area (TPSA) is 80.5 Å². The van der Waals surface area contributed by atoms with E-state index in [4.69, 9.17) is 28.0 Å². The van der Waals surface area contributed by atoms with E-state index in [1.165, 1.54) is 40.9 Å². The molecule has 0 spiro atoms. The molecule has 1 aromatic heterocycles. The lowest BCUT2D eigenvalue weighted by molar-refractivity contribution is -0.102. The standard InChI is InChI=1S/C20H20Cl2N4O3.CH4/c1-12(2)14-6-4-13(5-7-14)10-26(29-3)20(28)19-23-11-25(24-19)15-8-16(21)18(27)17(22)9-15;/h4-9,11-12,27H,10H2,1-3H3;1H4. The highest BCUT2D eigenvalue weighted by Gasteiger charge is 2.21. The summed E-state index contributed by atoms with van der Waals surface area (Å²) in [4.78, 5) is 22.0. The van der Waals surface area contributed by atoms with Crippen molar-refractivity contribution in [1.82, 2.24) is 19.8 Å². The van der Waals surface area contributed by atoms with Gasteiger partial charge in [0.1, 0.15) is 6.33 Å². The summed E-state index contributed by atoms with van der Waals surface area (Å²) in [5.41, 5.74) is 2.59. The highest BCUT2D eigenvalue weighted by molar-refractivity contribution is 6.37. The first-order valence-electron chi connectivity index (χ1n) is 8.85. The first-order valence-corrected chi connectivity index (χ1v) is 9.60. The van der Waals surface area contributed by atoms with Crippen LogP contribution in [0.1, 0.15) is 48.9 Å². The normalized spacial score (nSPS) is 10.7. The number of hydrogen-bond donors (Lipinski definition) is 1. The lowest BCUT2D eigenvalue weighted by Crippen LogP contribution is -2.30. The molecule has 1 amide bonds. The van der Waals surface area contributed by atoms with Crippen LogP contribution in [0.25, 0.3) is 5.69 Å². The number of aromatic nitrogens is 3. The van der Waals surface area contributed by atoms with E-state index < -0.39 is 5.91 Å². The van der Waals surface area contributed by atoms with Gasteiger partial charge in [0.05, 0.1) is 29.4 Å². The molecular weight excluding hydrogens is 427 g/mol. The van der Waals surface area contributed by atoms with Gasteiger partial charge in [0, 0.05) is 0 Å². The number of hydroxylamine groups is 2. The minimum atomic E-state index is -0.491. The van der Waals surface area contributed by atoms with E-state index in [1.807, 2.05) is 24.3 Å². The monoisotopic (exact) mass is 450 g/mol. The number of halogens is 2. The minimum Gasteiger partial charge on any atom is -0.505 e. The number of phenolic OH excluding ortho intramolecular Hbond substituents is 1. The Balaban J connectivity index is 0.00000320. The van der Waals surface area contributed by atoms with E-state index in [0.29, 0.717) is 11.6 Å². The molecule has 1 heterocycles. The summed E-state index contributed by atoms with van der Waals surface area (Å²) in [6, 6.07) is 10.9. The molecule has 30 heavy (non-hydrogen) atoms. The molecule has 3 aromatic rings. The Hall–Kier alpha value is -2.61. The summed E-state index contributed by atoms with van der Waals surface area (Å²) in [6.07, 6.45) is 1.36. The molecule has 0 atom stereocenters. The maximum Gasteiger partial charge on any atom is 0.317 e. The van der Waals surface area contributed by atoms with Crippen molar-refractivity contribution in [2.45, 2.75) is 33.7 Å². The first-order chi connectivity index (χ1) is 13.8. The van der Waals surface area contributed by atoms with Gasteiger partial charge >= 0.3 is 5.91 Å². The Bertz CT molecular complexity index is 996. The fourth-order valence-corrected chi connectivity index (χ4v) is 3.15. The average molecular weight is 451 g/mol. The minimum absolute atomic E-state index is 0. The zero-order chi connectivity index (χ0) is 21.1. The number of nitrogens with zero attached hydrogens (tertiary/aromatic N) is 4. The van der Waals surface area contributed by atoms with Gasteiger partial charge in [-0.2, -0.15) is 0 Å². The van der Waals surface area contributed by atoms with Crippen molar-refractivity contribution < 1.29 is 14.7 Å². The number of aromatic hydroxyl groups is 1. The van der Waals surface area contributed by atoms with Crippen LogP contribution in [0, 0.1) is 0 Å². The molecule has 7 nitrogen and oxygen atoms in total. The second-order valence-electron chi connectivity index (χ2n) is 6.69. The van der Waals surface area contributed by atoms with Crippen LogP contribution in [0.3, 0.4) is 0 Å². The van der Waals surface area contributed by atoms with Crippen LogP contribution < -0.4 is 0 Å².